The van der Waals surface area contributed by atoms with Gasteiger partial charge in [0.05, 0.1) is 16.8 Å². The first kappa shape index (κ1) is 23.8. The molecule has 2 aromatic carbocycles. The second-order valence-electron chi connectivity index (χ2n) is 7.88. The molecule has 11 heteroatoms. The van der Waals surface area contributed by atoms with Crippen LogP contribution in [0.4, 0.5) is 20.8 Å². The van der Waals surface area contributed by atoms with E-state index in [4.69, 9.17) is 15.2 Å². The molecule has 3 N–H and O–H groups in total. The van der Waals surface area contributed by atoms with Crippen LogP contribution in [0.15, 0.2) is 66.0 Å². The average molecular weight is 507 g/mol. The van der Waals surface area contributed by atoms with Crippen LogP contribution in [0.2, 0.25) is 0 Å². The highest BCUT2D eigenvalue weighted by molar-refractivity contribution is 7.99. The number of anilines is 2. The van der Waals surface area contributed by atoms with Gasteiger partial charge < -0.3 is 20.5 Å². The predicted octanol–water partition coefficient (Wildman–Crippen LogP) is 4.39. The number of benzene rings is 2. The minimum Gasteiger partial charge on any atom is -0.489 e. The van der Waals surface area contributed by atoms with Crippen LogP contribution in [0.3, 0.4) is 0 Å². The van der Waals surface area contributed by atoms with Crippen molar-refractivity contribution in [3.63, 3.8) is 0 Å². The third-order valence-electron chi connectivity index (χ3n) is 5.33. The number of carbonyl (C=O) groups excluding carboxylic acids is 1. The van der Waals surface area contributed by atoms with E-state index in [1.165, 1.54) is 23.2 Å². The van der Waals surface area contributed by atoms with Gasteiger partial charge in [-0.05, 0) is 23.8 Å². The molecule has 0 saturated heterocycles. The van der Waals surface area contributed by atoms with Crippen LogP contribution >= 0.6 is 11.8 Å². The van der Waals surface area contributed by atoms with Gasteiger partial charge >= 0.3 is 6.09 Å². The summed E-state index contributed by atoms with van der Waals surface area (Å²) in [4.78, 5) is 27.0. The number of nitrogens with zero attached hydrogens (tertiary/aromatic N) is 4. The molecule has 0 spiro atoms. The SMILES string of the molecule is NCCOc1cc(-c2nc3c(c(Nc4cn(C(=O)OCc5ccccc5)cn4)n2)SCC3)ccc1F. The minimum atomic E-state index is -0.543. The molecule has 0 fully saturated rings. The van der Waals surface area contributed by atoms with Crippen molar-refractivity contribution in [2.75, 3.05) is 24.2 Å². The van der Waals surface area contributed by atoms with E-state index in [9.17, 15) is 9.18 Å². The van der Waals surface area contributed by atoms with Crippen LogP contribution < -0.4 is 15.8 Å². The summed E-state index contributed by atoms with van der Waals surface area (Å²) in [7, 11) is 0. The Balaban J connectivity index is 1.36. The number of hydrogen-bond donors (Lipinski definition) is 2. The second kappa shape index (κ2) is 10.8. The highest BCUT2D eigenvalue weighted by Crippen LogP contribution is 2.38. The maximum Gasteiger partial charge on any atom is 0.419 e. The Labute approximate surface area is 210 Å². The molecule has 1 aliphatic rings. The molecule has 3 heterocycles. The third-order valence-corrected chi connectivity index (χ3v) is 6.46. The molecule has 0 bridgehead atoms. The van der Waals surface area contributed by atoms with E-state index >= 15 is 0 Å². The third kappa shape index (κ3) is 5.31. The maximum absolute atomic E-state index is 14.1. The van der Waals surface area contributed by atoms with Gasteiger partial charge in [-0.1, -0.05) is 30.3 Å². The average Bonchev–Trinajstić information content (AvgIpc) is 3.57. The molecule has 2 aromatic heterocycles. The molecule has 184 valence electrons. The van der Waals surface area contributed by atoms with Gasteiger partial charge in [0.15, 0.2) is 17.4 Å². The van der Waals surface area contributed by atoms with Crippen molar-refractivity contribution in [1.29, 1.82) is 0 Å². The van der Waals surface area contributed by atoms with Crippen molar-refractivity contribution in [1.82, 2.24) is 19.5 Å². The smallest absolute Gasteiger partial charge is 0.419 e. The zero-order valence-corrected chi connectivity index (χ0v) is 20.0. The Morgan fingerprint density at radius 2 is 2.06 bits per heavy atom. The number of thioether (sulfide) groups is 1. The molecule has 0 unspecified atom stereocenters. The van der Waals surface area contributed by atoms with Crippen LogP contribution in [-0.2, 0) is 17.8 Å². The van der Waals surface area contributed by atoms with Crippen molar-refractivity contribution in [2.45, 2.75) is 17.9 Å². The fraction of sp³-hybridized carbons (Fsp3) is 0.200. The monoisotopic (exact) mass is 506 g/mol. The summed E-state index contributed by atoms with van der Waals surface area (Å²) in [5, 5.41) is 3.19. The highest BCUT2D eigenvalue weighted by atomic mass is 32.2. The minimum absolute atomic E-state index is 0.0960. The van der Waals surface area contributed by atoms with Crippen molar-refractivity contribution < 1.29 is 18.7 Å². The van der Waals surface area contributed by atoms with E-state index in [0.29, 0.717) is 23.0 Å². The summed E-state index contributed by atoms with van der Waals surface area (Å²) in [6.07, 6.45) is 3.16. The number of ether oxygens (including phenoxy) is 2. The standard InChI is InChI=1S/C25H23FN6O3S/c26-18-7-6-17(12-20(18)34-10-9-27)23-29-19-8-11-36-22(19)24(31-23)30-21-13-32(15-28-21)25(33)35-14-16-4-2-1-3-5-16/h1-7,12-13,15H,8-11,14,27H2,(H,29,30,31). The van der Waals surface area contributed by atoms with E-state index in [-0.39, 0.29) is 25.5 Å². The van der Waals surface area contributed by atoms with Crippen LogP contribution in [-0.4, -0.2) is 44.5 Å². The lowest BCUT2D eigenvalue weighted by atomic mass is 10.2. The lowest BCUT2D eigenvalue weighted by Crippen LogP contribution is -2.11. The number of aryl methyl sites for hydroxylation is 1. The zero-order valence-electron chi connectivity index (χ0n) is 19.2. The summed E-state index contributed by atoms with van der Waals surface area (Å²) in [5.74, 6) is 1.91. The summed E-state index contributed by atoms with van der Waals surface area (Å²) < 4.78 is 26.2. The number of hydrogen-bond acceptors (Lipinski definition) is 9. The van der Waals surface area contributed by atoms with Gasteiger partial charge in [0, 0.05) is 24.3 Å². The van der Waals surface area contributed by atoms with Crippen LogP contribution in [0.1, 0.15) is 11.3 Å². The number of imidazole rings is 1. The largest absolute Gasteiger partial charge is 0.489 e. The van der Waals surface area contributed by atoms with Gasteiger partial charge in [-0.25, -0.2) is 28.7 Å². The van der Waals surface area contributed by atoms with E-state index in [0.717, 1.165) is 28.3 Å². The first-order valence-electron chi connectivity index (χ1n) is 11.3. The quantitative estimate of drug-likeness (QED) is 0.359. The van der Waals surface area contributed by atoms with Crippen molar-refractivity contribution in [3.8, 4) is 17.1 Å². The second-order valence-corrected chi connectivity index (χ2v) is 8.99. The Kier molecular flexibility index (Phi) is 7.10. The number of halogens is 1. The molecule has 0 aliphatic carbocycles. The van der Waals surface area contributed by atoms with Gasteiger partial charge in [0.2, 0.25) is 0 Å². The first-order valence-corrected chi connectivity index (χ1v) is 12.3. The lowest BCUT2D eigenvalue weighted by Gasteiger charge is -2.12. The molecule has 5 rings (SSSR count). The number of aromatic nitrogens is 4. The Hall–Kier alpha value is -3.96. The van der Waals surface area contributed by atoms with Crippen LogP contribution in [0, 0.1) is 5.82 Å². The van der Waals surface area contributed by atoms with E-state index < -0.39 is 11.9 Å². The first-order chi connectivity index (χ1) is 17.6. The zero-order chi connectivity index (χ0) is 24.9. The van der Waals surface area contributed by atoms with E-state index in [2.05, 4.69) is 20.3 Å². The summed E-state index contributed by atoms with van der Waals surface area (Å²) in [6, 6.07) is 13.9. The molecular weight excluding hydrogens is 483 g/mol. The number of fused-ring (bicyclic) bond motifs is 1. The molecule has 0 atom stereocenters. The fourth-order valence-electron chi connectivity index (χ4n) is 3.61. The predicted molar refractivity (Wildman–Crippen MR) is 134 cm³/mol. The molecule has 4 aromatic rings. The van der Waals surface area contributed by atoms with Crippen LogP contribution in [0.5, 0.6) is 5.75 Å². The number of nitrogens with one attached hydrogen (secondary N) is 1. The normalized spacial score (nSPS) is 12.3. The lowest BCUT2D eigenvalue weighted by molar-refractivity contribution is 0.141. The van der Waals surface area contributed by atoms with Gasteiger partial charge in [-0.3, -0.25) is 0 Å². The fourth-order valence-corrected chi connectivity index (χ4v) is 4.65. The summed E-state index contributed by atoms with van der Waals surface area (Å²) in [6.45, 7) is 0.636. The van der Waals surface area contributed by atoms with Crippen LogP contribution in [0.25, 0.3) is 11.4 Å². The van der Waals surface area contributed by atoms with E-state index in [1.807, 2.05) is 30.3 Å². The Bertz CT molecular complexity index is 1380. The van der Waals surface area contributed by atoms with Crippen molar-refractivity contribution >= 4 is 29.5 Å². The Morgan fingerprint density at radius 3 is 2.89 bits per heavy atom. The number of nitrogens with two attached hydrogens (primary N) is 1. The number of carbonyl (C=O) groups is 1. The topological polar surface area (TPSA) is 117 Å². The van der Waals surface area contributed by atoms with E-state index in [1.54, 1.807) is 23.9 Å². The molecular formula is C25H23FN6O3S. The van der Waals surface area contributed by atoms with Gasteiger partial charge in [-0.15, -0.1) is 11.8 Å². The Morgan fingerprint density at radius 1 is 1.19 bits per heavy atom. The molecule has 0 radical (unpaired) electrons. The van der Waals surface area contributed by atoms with Gasteiger partial charge in [0.1, 0.15) is 31.2 Å². The summed E-state index contributed by atoms with van der Waals surface area (Å²) in [5.41, 5.74) is 7.87. The van der Waals surface area contributed by atoms with Gasteiger partial charge in [0.25, 0.3) is 0 Å². The molecule has 9 nitrogen and oxygen atoms in total. The van der Waals surface area contributed by atoms with Crippen molar-refractivity contribution in [2.24, 2.45) is 5.73 Å². The molecule has 36 heavy (non-hydrogen) atoms. The highest BCUT2D eigenvalue weighted by Gasteiger charge is 2.22. The molecule has 0 amide bonds. The maximum atomic E-state index is 14.1. The summed E-state index contributed by atoms with van der Waals surface area (Å²) >= 11 is 1.64. The molecule has 1 aliphatic heterocycles. The number of rotatable bonds is 8. The van der Waals surface area contributed by atoms with Gasteiger partial charge in [-0.2, -0.15) is 0 Å². The molecule has 0 saturated carbocycles. The van der Waals surface area contributed by atoms with Crippen molar-refractivity contribution in [3.05, 3.63) is 78.1 Å².